The molecule has 0 saturated carbocycles. The third-order valence-corrected chi connectivity index (χ3v) is 4.58. The van der Waals surface area contributed by atoms with Gasteiger partial charge in [-0.05, 0) is 6.07 Å². The van der Waals surface area contributed by atoms with Crippen molar-refractivity contribution >= 4 is 29.4 Å². The van der Waals surface area contributed by atoms with Gasteiger partial charge >= 0.3 is 44.1 Å². The Bertz CT molecular complexity index is 1420. The maximum atomic E-state index is 11.1. The summed E-state index contributed by atoms with van der Waals surface area (Å²) < 4.78 is 135. The third-order valence-electron chi connectivity index (χ3n) is 4.58. The van der Waals surface area contributed by atoms with Crippen LogP contribution in [-0.4, -0.2) is 125 Å². The first-order chi connectivity index (χ1) is 22.5. The van der Waals surface area contributed by atoms with Gasteiger partial charge in [-0.25, -0.2) is 4.79 Å². The van der Waals surface area contributed by atoms with Gasteiger partial charge in [0.25, 0.3) is 0 Å². The number of aromatic nitrogens is 1. The number of pyridine rings is 1. The summed E-state index contributed by atoms with van der Waals surface area (Å²) in [5.74, 6) is -3.57. The van der Waals surface area contributed by atoms with Gasteiger partial charge in [-0.2, -0.15) is 62.9 Å². The summed E-state index contributed by atoms with van der Waals surface area (Å²) in [6, 6.07) is 5.31. The van der Waals surface area contributed by atoms with Crippen LogP contribution in [0.1, 0.15) is 16.7 Å². The largest absolute Gasteiger partial charge is 0.493 e. The molecular formula is C24H34F12N4O15. The van der Waals surface area contributed by atoms with Crippen molar-refractivity contribution in [3.8, 4) is 29.2 Å². The number of hydrogen-bond acceptors (Lipinski definition) is 10. The van der Waals surface area contributed by atoms with Gasteiger partial charge in [-0.15, -0.1) is 0 Å². The molecule has 0 unspecified atom stereocenters. The van der Waals surface area contributed by atoms with Gasteiger partial charge in [0, 0.05) is 23.6 Å². The van der Waals surface area contributed by atoms with Crippen LogP contribution in [0.25, 0.3) is 0 Å². The molecule has 0 aliphatic carbocycles. The lowest BCUT2D eigenvalue weighted by molar-refractivity contribution is -0.192. The number of anilines is 2. The average Bonchev–Trinajstić information content (AvgIpc) is 2.95. The van der Waals surface area contributed by atoms with Crippen molar-refractivity contribution in [3.63, 3.8) is 0 Å². The SMILES string of the molecule is COc1cc2c(cc1OC)Oc1nc(NCC(=O)O)c(C#N)c(NCC(=O)O)c1C2.FC(F)F.FC(F)F.FC(F)F.O.O.O.O.O.O.O=C(O)C(F)(F)F. The molecule has 0 radical (unpaired) electrons. The number of nitrogens with one attached hydrogen (secondary N) is 2. The van der Waals surface area contributed by atoms with Gasteiger partial charge in [0.2, 0.25) is 5.88 Å². The summed E-state index contributed by atoms with van der Waals surface area (Å²) in [6.45, 7) is -11.9. The molecule has 55 heavy (non-hydrogen) atoms. The zero-order chi connectivity index (χ0) is 38.6. The first kappa shape index (κ1) is 67.3. The molecule has 1 aliphatic heterocycles. The maximum absolute atomic E-state index is 11.1. The van der Waals surface area contributed by atoms with E-state index in [-0.39, 0.29) is 62.2 Å². The lowest BCUT2D eigenvalue weighted by Gasteiger charge is -2.25. The third kappa shape index (κ3) is 28.4. The van der Waals surface area contributed by atoms with E-state index in [0.717, 1.165) is 5.56 Å². The summed E-state index contributed by atoms with van der Waals surface area (Å²) in [6.07, 6.45) is -4.81. The fraction of sp³-hybridized carbons (Fsp3) is 0.375. The Morgan fingerprint density at radius 3 is 1.49 bits per heavy atom. The molecule has 0 amide bonds. The second kappa shape index (κ2) is 32.8. The molecule has 0 saturated heterocycles. The van der Waals surface area contributed by atoms with E-state index in [2.05, 4.69) is 15.6 Å². The molecule has 2 aromatic rings. The lowest BCUT2D eigenvalue weighted by Crippen LogP contribution is -2.21. The second-order valence-electron chi connectivity index (χ2n) is 7.74. The van der Waals surface area contributed by atoms with Crippen LogP contribution in [0.3, 0.4) is 0 Å². The minimum absolute atomic E-state index is 0. The number of fused-ring (bicyclic) bond motifs is 2. The molecule has 0 fully saturated rings. The molecule has 31 heteroatoms. The van der Waals surface area contributed by atoms with Crippen molar-refractivity contribution in [2.75, 3.05) is 37.9 Å². The van der Waals surface area contributed by atoms with Crippen molar-refractivity contribution in [1.29, 1.82) is 5.26 Å². The smallest absolute Gasteiger partial charge is 0.490 e. The summed E-state index contributed by atoms with van der Waals surface area (Å²) in [5, 5.41) is 40.0. The highest BCUT2D eigenvalue weighted by atomic mass is 19.4. The molecule has 2 heterocycles. The van der Waals surface area contributed by atoms with Gasteiger partial charge in [-0.3, -0.25) is 9.59 Å². The summed E-state index contributed by atoms with van der Waals surface area (Å²) >= 11 is 0. The number of carbonyl (C=O) groups is 3. The Kier molecular flexibility index (Phi) is 40.2. The number of alkyl halides is 12. The number of hydrogen-bond donors (Lipinski definition) is 5. The van der Waals surface area contributed by atoms with Gasteiger partial charge in [0.05, 0.1) is 19.9 Å². The zero-order valence-electron chi connectivity index (χ0n) is 27.2. The highest BCUT2D eigenvalue weighted by Gasteiger charge is 2.38. The molecule has 1 aromatic heterocycles. The Labute approximate surface area is 298 Å². The van der Waals surface area contributed by atoms with Crippen molar-refractivity contribution in [2.45, 2.75) is 32.6 Å². The number of ether oxygens (including phenoxy) is 3. The lowest BCUT2D eigenvalue weighted by atomic mass is 9.98. The Balaban J connectivity index is -0.000000124. The van der Waals surface area contributed by atoms with E-state index < -0.39 is 57.2 Å². The maximum Gasteiger partial charge on any atom is 0.490 e. The van der Waals surface area contributed by atoms with Crippen LogP contribution in [0.4, 0.5) is 64.2 Å². The monoisotopic (exact) mass is 846 g/mol. The van der Waals surface area contributed by atoms with E-state index in [1.54, 1.807) is 12.1 Å². The fourth-order valence-corrected chi connectivity index (χ4v) is 3.03. The number of carboxylic acids is 3. The average molecular weight is 847 g/mol. The molecule has 19 nitrogen and oxygen atoms in total. The number of nitriles is 1. The fourth-order valence-electron chi connectivity index (χ4n) is 3.03. The number of methoxy groups -OCH3 is 2. The van der Waals surface area contributed by atoms with Crippen LogP contribution in [0.5, 0.6) is 23.1 Å². The van der Waals surface area contributed by atoms with Crippen molar-refractivity contribution in [3.05, 3.63) is 28.8 Å². The summed E-state index contributed by atoms with van der Waals surface area (Å²) in [7, 11) is 2.98. The molecule has 0 spiro atoms. The van der Waals surface area contributed by atoms with E-state index in [4.69, 9.17) is 34.3 Å². The van der Waals surface area contributed by atoms with Gasteiger partial charge in [0.15, 0.2) is 17.3 Å². The van der Waals surface area contributed by atoms with Gasteiger partial charge < -0.3 is 73.0 Å². The van der Waals surface area contributed by atoms with Crippen LogP contribution in [-0.2, 0) is 20.8 Å². The van der Waals surface area contributed by atoms with E-state index in [1.807, 2.05) is 6.07 Å². The number of nitrogens with zero attached hydrogens (tertiary/aromatic N) is 2. The van der Waals surface area contributed by atoms with Gasteiger partial charge in [-0.1, -0.05) is 0 Å². The number of halogens is 12. The molecule has 1 aliphatic rings. The summed E-state index contributed by atoms with van der Waals surface area (Å²) in [4.78, 5) is 35.2. The van der Waals surface area contributed by atoms with Crippen molar-refractivity contribution in [2.24, 2.45) is 0 Å². The van der Waals surface area contributed by atoms with Crippen LogP contribution >= 0.6 is 0 Å². The minimum atomic E-state index is -5.08. The van der Waals surface area contributed by atoms with E-state index >= 15 is 0 Å². The molecule has 0 atom stereocenters. The van der Waals surface area contributed by atoms with Gasteiger partial charge in [0.1, 0.15) is 30.5 Å². The normalized spacial score (nSPS) is 9.53. The Hall–Kier alpha value is -5.81. The molecule has 3 rings (SSSR count). The van der Waals surface area contributed by atoms with Crippen LogP contribution in [0.15, 0.2) is 12.1 Å². The number of aliphatic carboxylic acids is 3. The molecule has 0 bridgehead atoms. The second-order valence-corrected chi connectivity index (χ2v) is 7.74. The van der Waals surface area contributed by atoms with Crippen LogP contribution in [0.2, 0.25) is 0 Å². The highest BCUT2D eigenvalue weighted by Crippen LogP contribution is 2.45. The predicted octanol–water partition coefficient (Wildman–Crippen LogP) is 0.881. The number of carboxylic acid groups (broad SMARTS) is 3. The molecular weight excluding hydrogens is 812 g/mol. The van der Waals surface area contributed by atoms with Crippen molar-refractivity contribution in [1.82, 2.24) is 4.98 Å². The zero-order valence-corrected chi connectivity index (χ0v) is 27.2. The van der Waals surface area contributed by atoms with E-state index in [1.165, 1.54) is 14.2 Å². The molecule has 1 aromatic carbocycles. The topological polar surface area (TPSA) is 389 Å². The summed E-state index contributed by atoms with van der Waals surface area (Å²) in [5.41, 5.74) is 1.38. The number of rotatable bonds is 8. The first-order valence-corrected chi connectivity index (χ1v) is 11.9. The standard InChI is InChI=1S/C19H18N4O7.C2HF3O2.3CHF3.6H2O/c1-28-13-4-9-3-10-17(21-7-15(24)25)11(6-20)18(22-8-16(26)27)23-19(10)30-12(9)5-14(13)29-2;3-2(4,5)1(6)7;3*2-1(3)4;;;;;;/h4-5H,3,7-8H2,1-2H3,(H,24,25)(H,26,27)(H2,21,22,23);(H,6,7);3*1H;6*1H2. The van der Waals surface area contributed by atoms with E-state index in [0.29, 0.717) is 22.8 Å². The molecule has 17 N–H and O–H groups in total. The highest BCUT2D eigenvalue weighted by molar-refractivity contribution is 5.81. The molecule has 324 valence electrons. The quantitative estimate of drug-likeness (QED) is 0.197. The van der Waals surface area contributed by atoms with E-state index in [9.17, 15) is 67.5 Å². The Morgan fingerprint density at radius 2 is 1.16 bits per heavy atom. The minimum Gasteiger partial charge on any atom is -0.493 e. The predicted molar refractivity (Wildman–Crippen MR) is 160 cm³/mol. The number of benzene rings is 1. The van der Waals surface area contributed by atoms with Crippen molar-refractivity contribution < 1.29 is 129 Å². The van der Waals surface area contributed by atoms with Crippen LogP contribution < -0.4 is 24.8 Å². The first-order valence-electron chi connectivity index (χ1n) is 11.9. The Morgan fingerprint density at radius 1 is 0.800 bits per heavy atom. The van der Waals surface area contributed by atoms with Crippen LogP contribution in [0, 0.1) is 11.3 Å².